The molecule has 0 unspecified atom stereocenters. The van der Waals surface area contributed by atoms with E-state index >= 15 is 0 Å². The second-order valence-electron chi connectivity index (χ2n) is 4.42. The van der Waals surface area contributed by atoms with Crippen LogP contribution in [0.2, 0.25) is 0 Å². The zero-order chi connectivity index (χ0) is 12.3. The Morgan fingerprint density at radius 1 is 1.62 bits per heavy atom. The topological polar surface area (TPSA) is 44.1 Å². The smallest absolute Gasteiger partial charge is 0.242 e. The van der Waals surface area contributed by atoms with Crippen molar-refractivity contribution in [3.05, 3.63) is 21.9 Å². The highest BCUT2D eigenvalue weighted by Gasteiger charge is 2.30. The monoisotopic (exact) mass is 236 g/mol. The number of carbonyl (C=O) groups is 1. The average Bonchev–Trinajstić information content (AvgIpc) is 2.63. The van der Waals surface area contributed by atoms with E-state index in [4.69, 9.17) is 5.26 Å². The van der Waals surface area contributed by atoms with Crippen molar-refractivity contribution in [3.8, 4) is 6.07 Å². The minimum Gasteiger partial charge on any atom is -0.339 e. The van der Waals surface area contributed by atoms with Crippen LogP contribution in [0, 0.1) is 23.7 Å². The zero-order valence-corrected chi connectivity index (χ0v) is 10.9. The van der Waals surface area contributed by atoms with Gasteiger partial charge in [-0.05, 0) is 37.8 Å². The van der Waals surface area contributed by atoms with Gasteiger partial charge in [-0.1, -0.05) is 0 Å². The molecule has 86 valence electrons. The van der Waals surface area contributed by atoms with E-state index in [0.29, 0.717) is 6.54 Å². The summed E-state index contributed by atoms with van der Waals surface area (Å²) in [6.07, 6.45) is 0. The van der Waals surface area contributed by atoms with Gasteiger partial charge in [0.2, 0.25) is 5.91 Å². The van der Waals surface area contributed by atoms with Crippen molar-refractivity contribution in [1.82, 2.24) is 4.90 Å². The Morgan fingerprint density at radius 3 is 2.69 bits per heavy atom. The minimum atomic E-state index is -0.945. The molecule has 16 heavy (non-hydrogen) atoms. The number of hydrogen-bond donors (Lipinski definition) is 0. The Labute approximate surface area is 100 Å². The molecule has 1 heterocycles. The molecule has 0 aromatic carbocycles. The van der Waals surface area contributed by atoms with Crippen LogP contribution in [0.25, 0.3) is 0 Å². The fourth-order valence-electron chi connectivity index (χ4n) is 1.38. The standard InChI is InChI=1S/C12H16N2OS/c1-9-5-6-16-10(9)7-14(4)11(15)12(2,3)8-13/h5-6H,7H2,1-4H3. The molecule has 0 saturated heterocycles. The molecule has 0 N–H and O–H groups in total. The van der Waals surface area contributed by atoms with E-state index in [2.05, 4.69) is 0 Å². The summed E-state index contributed by atoms with van der Waals surface area (Å²) in [5.41, 5.74) is 0.249. The Morgan fingerprint density at radius 2 is 2.25 bits per heavy atom. The first kappa shape index (κ1) is 12.7. The quantitative estimate of drug-likeness (QED) is 0.809. The first-order chi connectivity index (χ1) is 7.38. The Kier molecular flexibility index (Phi) is 3.71. The summed E-state index contributed by atoms with van der Waals surface area (Å²) in [6, 6.07) is 4.06. The van der Waals surface area contributed by atoms with E-state index in [1.165, 1.54) is 10.4 Å². The molecule has 0 spiro atoms. The fourth-order valence-corrected chi connectivity index (χ4v) is 2.34. The lowest BCUT2D eigenvalue weighted by Crippen LogP contribution is -2.37. The maximum atomic E-state index is 11.9. The normalized spacial score (nSPS) is 10.9. The molecule has 0 aliphatic rings. The van der Waals surface area contributed by atoms with Crippen LogP contribution in [0.4, 0.5) is 0 Å². The molecule has 0 saturated carbocycles. The number of rotatable bonds is 3. The summed E-state index contributed by atoms with van der Waals surface area (Å²) in [7, 11) is 1.74. The Balaban J connectivity index is 2.75. The maximum absolute atomic E-state index is 11.9. The Hall–Kier alpha value is -1.34. The van der Waals surface area contributed by atoms with E-state index in [1.807, 2.05) is 24.4 Å². The van der Waals surface area contributed by atoms with E-state index < -0.39 is 5.41 Å². The lowest BCUT2D eigenvalue weighted by Gasteiger charge is -2.23. The van der Waals surface area contributed by atoms with Gasteiger partial charge in [0.1, 0.15) is 5.41 Å². The third-order valence-electron chi connectivity index (χ3n) is 2.51. The molecule has 0 aliphatic heterocycles. The number of thiophene rings is 1. The number of nitriles is 1. The summed E-state index contributed by atoms with van der Waals surface area (Å²) in [6.45, 7) is 5.90. The van der Waals surface area contributed by atoms with Crippen LogP contribution < -0.4 is 0 Å². The SMILES string of the molecule is Cc1ccsc1CN(C)C(=O)C(C)(C)C#N. The zero-order valence-electron chi connectivity index (χ0n) is 10.1. The van der Waals surface area contributed by atoms with Crippen LogP contribution in [-0.2, 0) is 11.3 Å². The van der Waals surface area contributed by atoms with E-state index in [0.717, 1.165) is 0 Å². The second kappa shape index (κ2) is 4.67. The van der Waals surface area contributed by atoms with Crippen LogP contribution in [-0.4, -0.2) is 17.9 Å². The lowest BCUT2D eigenvalue weighted by atomic mass is 9.94. The first-order valence-corrected chi connectivity index (χ1v) is 5.96. The molecule has 3 nitrogen and oxygen atoms in total. The van der Waals surface area contributed by atoms with Crippen LogP contribution in [0.5, 0.6) is 0 Å². The van der Waals surface area contributed by atoms with Gasteiger partial charge in [0.15, 0.2) is 0 Å². The van der Waals surface area contributed by atoms with Crippen molar-refractivity contribution in [2.45, 2.75) is 27.3 Å². The summed E-state index contributed by atoms with van der Waals surface area (Å²) >= 11 is 1.64. The van der Waals surface area contributed by atoms with Crippen LogP contribution in [0.1, 0.15) is 24.3 Å². The Bertz CT molecular complexity index is 428. The highest BCUT2D eigenvalue weighted by atomic mass is 32.1. The van der Waals surface area contributed by atoms with Crippen molar-refractivity contribution < 1.29 is 4.79 Å². The number of hydrogen-bond acceptors (Lipinski definition) is 3. The van der Waals surface area contributed by atoms with Gasteiger partial charge in [-0.3, -0.25) is 4.79 Å². The predicted octanol–water partition coefficient (Wildman–Crippen LogP) is 2.56. The van der Waals surface area contributed by atoms with Gasteiger partial charge in [-0.15, -0.1) is 11.3 Å². The number of aryl methyl sites for hydroxylation is 1. The third-order valence-corrected chi connectivity index (χ3v) is 3.52. The van der Waals surface area contributed by atoms with Crippen LogP contribution in [0.15, 0.2) is 11.4 Å². The molecular weight excluding hydrogens is 220 g/mol. The summed E-state index contributed by atoms with van der Waals surface area (Å²) in [4.78, 5) is 14.7. The highest BCUT2D eigenvalue weighted by molar-refractivity contribution is 7.10. The largest absolute Gasteiger partial charge is 0.339 e. The molecule has 4 heteroatoms. The second-order valence-corrected chi connectivity index (χ2v) is 5.43. The first-order valence-electron chi connectivity index (χ1n) is 5.08. The van der Waals surface area contributed by atoms with E-state index in [9.17, 15) is 4.79 Å². The van der Waals surface area contributed by atoms with Gasteiger partial charge in [0.25, 0.3) is 0 Å². The summed E-state index contributed by atoms with van der Waals surface area (Å²) in [5.74, 6) is -0.136. The summed E-state index contributed by atoms with van der Waals surface area (Å²) < 4.78 is 0. The fraction of sp³-hybridized carbons (Fsp3) is 0.500. The number of amides is 1. The molecule has 1 aromatic rings. The molecule has 0 fully saturated rings. The van der Waals surface area contributed by atoms with Crippen molar-refractivity contribution in [2.24, 2.45) is 5.41 Å². The minimum absolute atomic E-state index is 0.136. The molecule has 0 radical (unpaired) electrons. The van der Waals surface area contributed by atoms with E-state index in [1.54, 1.807) is 37.1 Å². The van der Waals surface area contributed by atoms with Crippen LogP contribution in [0.3, 0.4) is 0 Å². The van der Waals surface area contributed by atoms with Gasteiger partial charge >= 0.3 is 0 Å². The van der Waals surface area contributed by atoms with Gasteiger partial charge in [-0.2, -0.15) is 5.26 Å². The predicted molar refractivity (Wildman–Crippen MR) is 64.9 cm³/mol. The van der Waals surface area contributed by atoms with E-state index in [-0.39, 0.29) is 5.91 Å². The van der Waals surface area contributed by atoms with Crippen molar-refractivity contribution in [2.75, 3.05) is 7.05 Å². The van der Waals surface area contributed by atoms with Crippen LogP contribution >= 0.6 is 11.3 Å². The molecule has 0 bridgehead atoms. The van der Waals surface area contributed by atoms with Gasteiger partial charge in [-0.25, -0.2) is 0 Å². The van der Waals surface area contributed by atoms with Gasteiger partial charge in [0, 0.05) is 11.9 Å². The van der Waals surface area contributed by atoms with Crippen molar-refractivity contribution >= 4 is 17.2 Å². The maximum Gasteiger partial charge on any atom is 0.242 e. The molecule has 1 rings (SSSR count). The average molecular weight is 236 g/mol. The molecule has 1 aromatic heterocycles. The molecule has 0 atom stereocenters. The molecular formula is C12H16N2OS. The van der Waals surface area contributed by atoms with Crippen molar-refractivity contribution in [3.63, 3.8) is 0 Å². The van der Waals surface area contributed by atoms with Gasteiger partial charge in [0.05, 0.1) is 12.6 Å². The molecule has 0 aliphatic carbocycles. The third kappa shape index (κ3) is 2.61. The number of nitrogens with zero attached hydrogens (tertiary/aromatic N) is 2. The molecule has 1 amide bonds. The highest BCUT2D eigenvalue weighted by Crippen LogP contribution is 2.21. The van der Waals surface area contributed by atoms with Crippen molar-refractivity contribution in [1.29, 1.82) is 5.26 Å². The lowest BCUT2D eigenvalue weighted by molar-refractivity contribution is -0.136. The number of carbonyl (C=O) groups excluding carboxylic acids is 1. The summed E-state index contributed by atoms with van der Waals surface area (Å²) in [5, 5.41) is 10.9. The van der Waals surface area contributed by atoms with Gasteiger partial charge < -0.3 is 4.90 Å².